The van der Waals surface area contributed by atoms with Gasteiger partial charge in [0.15, 0.2) is 5.11 Å². The number of rotatable bonds is 8. The van der Waals surface area contributed by atoms with Gasteiger partial charge in [0.25, 0.3) is 0 Å². The number of hydrogen-bond donors (Lipinski definition) is 2. The van der Waals surface area contributed by atoms with Gasteiger partial charge in [0.05, 0.1) is 0 Å². The molecule has 0 aliphatic carbocycles. The Labute approximate surface area is 105 Å². The topological polar surface area (TPSA) is 33.3 Å². The second-order valence-electron chi connectivity index (χ2n) is 4.12. The molecule has 0 spiro atoms. The zero-order valence-corrected chi connectivity index (χ0v) is 11.8. The van der Waals surface area contributed by atoms with Crippen LogP contribution in [0.5, 0.6) is 0 Å². The summed E-state index contributed by atoms with van der Waals surface area (Å²) in [6, 6.07) is 0.428. The molecule has 0 radical (unpaired) electrons. The van der Waals surface area contributed by atoms with Gasteiger partial charge in [-0.1, -0.05) is 20.3 Å². The van der Waals surface area contributed by atoms with Crippen LogP contribution in [0.3, 0.4) is 0 Å². The van der Waals surface area contributed by atoms with Crippen LogP contribution >= 0.6 is 12.2 Å². The molecule has 0 fully saturated rings. The van der Waals surface area contributed by atoms with E-state index in [1.165, 1.54) is 6.42 Å². The van der Waals surface area contributed by atoms with Crippen LogP contribution in [0, 0.1) is 5.92 Å². The number of ether oxygens (including phenoxy) is 1. The highest BCUT2D eigenvalue weighted by atomic mass is 32.1. The molecule has 0 aromatic rings. The molecule has 0 amide bonds. The summed E-state index contributed by atoms with van der Waals surface area (Å²) >= 11 is 5.21. The van der Waals surface area contributed by atoms with E-state index in [4.69, 9.17) is 17.0 Å². The quantitative estimate of drug-likeness (QED) is 0.509. The van der Waals surface area contributed by atoms with E-state index >= 15 is 0 Å². The molecule has 0 rings (SSSR count). The van der Waals surface area contributed by atoms with Gasteiger partial charge in [0.2, 0.25) is 0 Å². The third-order valence-electron chi connectivity index (χ3n) is 2.81. The Morgan fingerprint density at radius 3 is 2.56 bits per heavy atom. The molecule has 0 aromatic carbocycles. The van der Waals surface area contributed by atoms with Crippen LogP contribution in [-0.4, -0.2) is 30.9 Å². The third kappa shape index (κ3) is 7.88. The van der Waals surface area contributed by atoms with Crippen molar-refractivity contribution < 1.29 is 4.74 Å². The van der Waals surface area contributed by atoms with E-state index in [1.54, 1.807) is 0 Å². The largest absolute Gasteiger partial charge is 0.382 e. The van der Waals surface area contributed by atoms with Crippen LogP contribution in [0.1, 0.15) is 40.5 Å². The van der Waals surface area contributed by atoms with Crippen molar-refractivity contribution in [2.75, 3.05) is 19.8 Å². The normalized spacial score (nSPS) is 14.2. The summed E-state index contributed by atoms with van der Waals surface area (Å²) in [5.41, 5.74) is 0. The smallest absolute Gasteiger partial charge is 0.166 e. The van der Waals surface area contributed by atoms with Gasteiger partial charge in [0, 0.05) is 25.8 Å². The highest BCUT2D eigenvalue weighted by Crippen LogP contribution is 2.05. The van der Waals surface area contributed by atoms with Crippen molar-refractivity contribution >= 4 is 17.3 Å². The number of thiocarbonyl (C=S) groups is 1. The standard InChI is InChI=1S/C12H26N2OS/c1-5-10(3)11(4)14-12(16)13-8-7-9-15-6-2/h10-11H,5-9H2,1-4H3,(H2,13,14,16). The van der Waals surface area contributed by atoms with Crippen molar-refractivity contribution in [1.29, 1.82) is 0 Å². The molecule has 4 heteroatoms. The number of nitrogens with one attached hydrogen (secondary N) is 2. The maximum atomic E-state index is 5.25. The number of hydrogen-bond acceptors (Lipinski definition) is 2. The van der Waals surface area contributed by atoms with Crippen LogP contribution in [0.2, 0.25) is 0 Å². The minimum Gasteiger partial charge on any atom is -0.382 e. The van der Waals surface area contributed by atoms with Gasteiger partial charge in [-0.05, 0) is 38.4 Å². The van der Waals surface area contributed by atoms with Crippen LogP contribution < -0.4 is 10.6 Å². The van der Waals surface area contributed by atoms with Gasteiger partial charge in [-0.25, -0.2) is 0 Å². The fourth-order valence-electron chi connectivity index (χ4n) is 1.27. The Balaban J connectivity index is 3.51. The molecular weight excluding hydrogens is 220 g/mol. The third-order valence-corrected chi connectivity index (χ3v) is 3.07. The van der Waals surface area contributed by atoms with E-state index in [1.807, 2.05) is 6.92 Å². The summed E-state index contributed by atoms with van der Waals surface area (Å²) in [4.78, 5) is 0. The Morgan fingerprint density at radius 2 is 2.00 bits per heavy atom. The molecule has 0 aliphatic heterocycles. The van der Waals surface area contributed by atoms with E-state index in [2.05, 4.69) is 31.4 Å². The summed E-state index contributed by atoms with van der Waals surface area (Å²) in [5, 5.41) is 7.25. The summed E-state index contributed by atoms with van der Waals surface area (Å²) in [5.74, 6) is 0.642. The monoisotopic (exact) mass is 246 g/mol. The molecule has 2 unspecified atom stereocenters. The minimum atomic E-state index is 0.428. The average molecular weight is 246 g/mol. The molecular formula is C12H26N2OS. The van der Waals surface area contributed by atoms with Crippen molar-refractivity contribution in [3.05, 3.63) is 0 Å². The van der Waals surface area contributed by atoms with Gasteiger partial charge in [-0.15, -0.1) is 0 Å². The molecule has 16 heavy (non-hydrogen) atoms. The molecule has 2 atom stereocenters. The Morgan fingerprint density at radius 1 is 1.31 bits per heavy atom. The molecule has 0 saturated carbocycles. The average Bonchev–Trinajstić information content (AvgIpc) is 2.27. The summed E-state index contributed by atoms with van der Waals surface area (Å²) in [6.07, 6.45) is 2.16. The second-order valence-corrected chi connectivity index (χ2v) is 4.53. The van der Waals surface area contributed by atoms with Gasteiger partial charge >= 0.3 is 0 Å². The molecule has 3 nitrogen and oxygen atoms in total. The van der Waals surface area contributed by atoms with Crippen LogP contribution in [0.4, 0.5) is 0 Å². The van der Waals surface area contributed by atoms with E-state index in [0.29, 0.717) is 12.0 Å². The van der Waals surface area contributed by atoms with Gasteiger partial charge in [-0.2, -0.15) is 0 Å². The predicted octanol–water partition coefficient (Wildman–Crippen LogP) is 2.31. The Kier molecular flexibility index (Phi) is 9.63. The molecule has 2 N–H and O–H groups in total. The van der Waals surface area contributed by atoms with Gasteiger partial charge < -0.3 is 15.4 Å². The first-order valence-electron chi connectivity index (χ1n) is 6.23. The van der Waals surface area contributed by atoms with Gasteiger partial charge in [-0.3, -0.25) is 0 Å². The van der Waals surface area contributed by atoms with E-state index < -0.39 is 0 Å². The highest BCUT2D eigenvalue weighted by molar-refractivity contribution is 7.80. The first kappa shape index (κ1) is 15.7. The van der Waals surface area contributed by atoms with Crippen molar-refractivity contribution in [3.8, 4) is 0 Å². The maximum absolute atomic E-state index is 5.25. The highest BCUT2D eigenvalue weighted by Gasteiger charge is 2.10. The van der Waals surface area contributed by atoms with Crippen molar-refractivity contribution in [3.63, 3.8) is 0 Å². The summed E-state index contributed by atoms with van der Waals surface area (Å²) in [6.45, 7) is 11.1. The minimum absolute atomic E-state index is 0.428. The fraction of sp³-hybridized carbons (Fsp3) is 0.917. The first-order chi connectivity index (χ1) is 7.61. The zero-order chi connectivity index (χ0) is 12.4. The lowest BCUT2D eigenvalue weighted by Gasteiger charge is -2.21. The molecule has 0 saturated heterocycles. The Bertz CT molecular complexity index is 188. The van der Waals surface area contributed by atoms with Gasteiger partial charge in [0.1, 0.15) is 0 Å². The van der Waals surface area contributed by atoms with E-state index in [9.17, 15) is 0 Å². The molecule has 96 valence electrons. The lowest BCUT2D eigenvalue weighted by atomic mass is 10.0. The first-order valence-corrected chi connectivity index (χ1v) is 6.64. The zero-order valence-electron chi connectivity index (χ0n) is 11.0. The van der Waals surface area contributed by atoms with E-state index in [-0.39, 0.29) is 0 Å². The summed E-state index contributed by atoms with van der Waals surface area (Å²) in [7, 11) is 0. The van der Waals surface area contributed by atoms with Crippen molar-refractivity contribution in [2.24, 2.45) is 5.92 Å². The maximum Gasteiger partial charge on any atom is 0.166 e. The predicted molar refractivity (Wildman–Crippen MR) is 73.8 cm³/mol. The van der Waals surface area contributed by atoms with Crippen LogP contribution in [-0.2, 0) is 4.74 Å². The van der Waals surface area contributed by atoms with Crippen LogP contribution in [0.25, 0.3) is 0 Å². The molecule has 0 bridgehead atoms. The second kappa shape index (κ2) is 9.85. The summed E-state index contributed by atoms with van der Waals surface area (Å²) < 4.78 is 5.25. The SMILES string of the molecule is CCOCCCNC(=S)NC(C)C(C)CC. The fourth-order valence-corrected chi connectivity index (χ4v) is 1.56. The molecule has 0 heterocycles. The lowest BCUT2D eigenvalue weighted by molar-refractivity contribution is 0.145. The van der Waals surface area contributed by atoms with Crippen molar-refractivity contribution in [1.82, 2.24) is 10.6 Å². The molecule has 0 aliphatic rings. The van der Waals surface area contributed by atoms with Crippen molar-refractivity contribution in [2.45, 2.75) is 46.6 Å². The molecule has 0 aromatic heterocycles. The van der Waals surface area contributed by atoms with Crippen LogP contribution in [0.15, 0.2) is 0 Å². The van der Waals surface area contributed by atoms with E-state index in [0.717, 1.165) is 31.3 Å². The Hall–Kier alpha value is -0.350. The lowest BCUT2D eigenvalue weighted by Crippen LogP contribution is -2.43.